The average molecular weight is 262 g/mol. The van der Waals surface area contributed by atoms with E-state index < -0.39 is 0 Å². The Balaban J connectivity index is 1.81. The minimum atomic E-state index is -0.226. The fourth-order valence-corrected chi connectivity index (χ4v) is 2.36. The summed E-state index contributed by atoms with van der Waals surface area (Å²) in [7, 11) is 1.84. The Labute approximate surface area is 114 Å². The Hall–Kier alpha value is -1.55. The number of amides is 1. The molecule has 1 unspecified atom stereocenters. The number of ether oxygens (including phenoxy) is 1. The summed E-state index contributed by atoms with van der Waals surface area (Å²) in [4.78, 5) is 13.8. The van der Waals surface area contributed by atoms with Crippen LogP contribution in [0.3, 0.4) is 0 Å². The van der Waals surface area contributed by atoms with E-state index in [-0.39, 0.29) is 6.09 Å². The lowest BCUT2D eigenvalue weighted by Crippen LogP contribution is -2.37. The highest BCUT2D eigenvalue weighted by atomic mass is 16.6. The predicted molar refractivity (Wildman–Crippen MR) is 74.9 cm³/mol. The lowest BCUT2D eigenvalue weighted by molar-refractivity contribution is 0.0886. The molecule has 1 aliphatic heterocycles. The second-order valence-electron chi connectivity index (χ2n) is 4.99. The van der Waals surface area contributed by atoms with E-state index in [0.717, 1.165) is 37.9 Å². The molecule has 19 heavy (non-hydrogen) atoms. The van der Waals surface area contributed by atoms with E-state index in [1.807, 2.05) is 37.4 Å². The van der Waals surface area contributed by atoms with E-state index in [0.29, 0.717) is 12.6 Å². The van der Waals surface area contributed by atoms with Crippen molar-refractivity contribution in [2.24, 2.45) is 0 Å². The van der Waals surface area contributed by atoms with Gasteiger partial charge in [-0.25, -0.2) is 4.79 Å². The summed E-state index contributed by atoms with van der Waals surface area (Å²) in [6, 6.07) is 10.1. The minimum Gasteiger partial charge on any atom is -0.445 e. The first-order chi connectivity index (χ1) is 9.27. The summed E-state index contributed by atoms with van der Waals surface area (Å²) in [6.45, 7) is 2.36. The normalized spacial score (nSPS) is 19.5. The molecule has 1 fully saturated rings. The van der Waals surface area contributed by atoms with Crippen molar-refractivity contribution in [2.75, 3.05) is 20.1 Å². The molecule has 1 aromatic carbocycles. The molecule has 1 atom stereocenters. The van der Waals surface area contributed by atoms with E-state index in [1.54, 1.807) is 4.90 Å². The topological polar surface area (TPSA) is 41.6 Å². The van der Waals surface area contributed by atoms with Gasteiger partial charge in [-0.05, 0) is 37.9 Å². The molecule has 0 aromatic heterocycles. The van der Waals surface area contributed by atoms with Crippen LogP contribution >= 0.6 is 0 Å². The highest BCUT2D eigenvalue weighted by molar-refractivity contribution is 5.67. The van der Waals surface area contributed by atoms with Crippen LogP contribution in [-0.2, 0) is 11.3 Å². The molecule has 0 spiro atoms. The van der Waals surface area contributed by atoms with Gasteiger partial charge in [0.2, 0.25) is 0 Å². The Kier molecular flexibility index (Phi) is 5.21. The smallest absolute Gasteiger partial charge is 0.410 e. The molecule has 1 N–H and O–H groups in total. The first-order valence-corrected chi connectivity index (χ1v) is 6.91. The van der Waals surface area contributed by atoms with Crippen LogP contribution in [0.25, 0.3) is 0 Å². The monoisotopic (exact) mass is 262 g/mol. The van der Waals surface area contributed by atoms with Gasteiger partial charge in [0.15, 0.2) is 0 Å². The Morgan fingerprint density at radius 2 is 2.11 bits per heavy atom. The molecule has 0 aliphatic carbocycles. The van der Waals surface area contributed by atoms with Crippen molar-refractivity contribution < 1.29 is 9.53 Å². The van der Waals surface area contributed by atoms with Crippen molar-refractivity contribution in [3.05, 3.63) is 35.9 Å². The van der Waals surface area contributed by atoms with E-state index in [1.165, 1.54) is 0 Å². The van der Waals surface area contributed by atoms with Gasteiger partial charge in [0.25, 0.3) is 0 Å². The molecule has 1 amide bonds. The highest BCUT2D eigenvalue weighted by Gasteiger charge is 2.21. The van der Waals surface area contributed by atoms with Crippen molar-refractivity contribution in [1.82, 2.24) is 10.2 Å². The lowest BCUT2D eigenvalue weighted by atomic mass is 10.1. The van der Waals surface area contributed by atoms with Crippen molar-refractivity contribution in [3.8, 4) is 0 Å². The molecule has 0 radical (unpaired) electrons. The fourth-order valence-electron chi connectivity index (χ4n) is 2.36. The van der Waals surface area contributed by atoms with Gasteiger partial charge in [0.05, 0.1) is 0 Å². The minimum absolute atomic E-state index is 0.226. The van der Waals surface area contributed by atoms with Crippen LogP contribution in [-0.4, -0.2) is 37.2 Å². The van der Waals surface area contributed by atoms with Gasteiger partial charge in [-0.1, -0.05) is 30.3 Å². The first-order valence-electron chi connectivity index (χ1n) is 6.91. The summed E-state index contributed by atoms with van der Waals surface area (Å²) in [5.74, 6) is 0. The molecule has 1 aliphatic rings. The SMILES string of the molecule is CN(C(=O)OCc1ccccc1)C1CCCNCC1. The number of carbonyl (C=O) groups excluding carboxylic acids is 1. The standard InChI is InChI=1S/C15H22N2O2/c1-17(14-8-5-10-16-11-9-14)15(18)19-12-13-6-3-2-4-7-13/h2-4,6-7,14,16H,5,8-12H2,1H3. The van der Waals surface area contributed by atoms with Gasteiger partial charge < -0.3 is 15.0 Å². The number of nitrogens with zero attached hydrogens (tertiary/aromatic N) is 1. The van der Waals surface area contributed by atoms with Gasteiger partial charge in [-0.15, -0.1) is 0 Å². The number of rotatable bonds is 3. The number of carbonyl (C=O) groups is 1. The van der Waals surface area contributed by atoms with Crippen molar-refractivity contribution >= 4 is 6.09 Å². The molecule has 2 rings (SSSR count). The Morgan fingerprint density at radius 3 is 2.89 bits per heavy atom. The predicted octanol–water partition coefficient (Wildman–Crippen LogP) is 2.40. The van der Waals surface area contributed by atoms with Gasteiger partial charge in [0, 0.05) is 13.1 Å². The van der Waals surface area contributed by atoms with Gasteiger partial charge >= 0.3 is 6.09 Å². The lowest BCUT2D eigenvalue weighted by Gasteiger charge is -2.26. The maximum absolute atomic E-state index is 12.0. The van der Waals surface area contributed by atoms with Crippen molar-refractivity contribution in [2.45, 2.75) is 31.9 Å². The molecule has 1 saturated heterocycles. The molecular weight excluding hydrogens is 240 g/mol. The van der Waals surface area contributed by atoms with E-state index in [2.05, 4.69) is 5.32 Å². The second kappa shape index (κ2) is 7.14. The Bertz CT molecular complexity index is 386. The summed E-state index contributed by atoms with van der Waals surface area (Å²) in [5.41, 5.74) is 1.02. The summed E-state index contributed by atoms with van der Waals surface area (Å²) in [5, 5.41) is 3.35. The summed E-state index contributed by atoms with van der Waals surface area (Å²) >= 11 is 0. The number of nitrogens with one attached hydrogen (secondary N) is 1. The zero-order valence-corrected chi connectivity index (χ0v) is 11.5. The molecule has 0 bridgehead atoms. The van der Waals surface area contributed by atoms with Crippen LogP contribution in [0.15, 0.2) is 30.3 Å². The second-order valence-corrected chi connectivity index (χ2v) is 4.99. The molecule has 4 nitrogen and oxygen atoms in total. The summed E-state index contributed by atoms with van der Waals surface area (Å²) < 4.78 is 5.35. The van der Waals surface area contributed by atoms with Gasteiger partial charge in [-0.2, -0.15) is 0 Å². The van der Waals surface area contributed by atoms with Crippen molar-refractivity contribution in [3.63, 3.8) is 0 Å². The number of benzene rings is 1. The maximum Gasteiger partial charge on any atom is 0.410 e. The largest absolute Gasteiger partial charge is 0.445 e. The molecule has 1 aromatic rings. The average Bonchev–Trinajstić information content (AvgIpc) is 2.74. The van der Waals surface area contributed by atoms with E-state index in [4.69, 9.17) is 4.74 Å². The molecule has 1 heterocycles. The van der Waals surface area contributed by atoms with Crippen LogP contribution in [0.5, 0.6) is 0 Å². The highest BCUT2D eigenvalue weighted by Crippen LogP contribution is 2.13. The maximum atomic E-state index is 12.0. The molecule has 104 valence electrons. The number of hydrogen-bond donors (Lipinski definition) is 1. The zero-order valence-electron chi connectivity index (χ0n) is 11.5. The van der Waals surface area contributed by atoms with Crippen LogP contribution in [0.2, 0.25) is 0 Å². The van der Waals surface area contributed by atoms with Gasteiger partial charge in [-0.3, -0.25) is 0 Å². The van der Waals surface area contributed by atoms with E-state index in [9.17, 15) is 4.79 Å². The van der Waals surface area contributed by atoms with Gasteiger partial charge in [0.1, 0.15) is 6.61 Å². The van der Waals surface area contributed by atoms with Crippen LogP contribution in [0, 0.1) is 0 Å². The van der Waals surface area contributed by atoms with Crippen molar-refractivity contribution in [1.29, 1.82) is 0 Å². The summed E-state index contributed by atoms with van der Waals surface area (Å²) in [6.07, 6.45) is 2.93. The van der Waals surface area contributed by atoms with Crippen LogP contribution in [0.1, 0.15) is 24.8 Å². The quantitative estimate of drug-likeness (QED) is 0.909. The number of hydrogen-bond acceptors (Lipinski definition) is 3. The molecule has 4 heteroatoms. The third-order valence-electron chi connectivity index (χ3n) is 3.59. The molecule has 0 saturated carbocycles. The Morgan fingerprint density at radius 1 is 1.32 bits per heavy atom. The zero-order chi connectivity index (χ0) is 13.5. The van der Waals surface area contributed by atoms with E-state index >= 15 is 0 Å². The third-order valence-corrected chi connectivity index (χ3v) is 3.59. The van der Waals surface area contributed by atoms with Crippen LogP contribution in [0.4, 0.5) is 4.79 Å². The fraction of sp³-hybridized carbons (Fsp3) is 0.533. The molecular formula is C15H22N2O2. The van der Waals surface area contributed by atoms with Crippen LogP contribution < -0.4 is 5.32 Å². The third kappa shape index (κ3) is 4.24. The first kappa shape index (κ1) is 13.9.